The Balaban J connectivity index is 2.02. The lowest BCUT2D eigenvalue weighted by Crippen LogP contribution is -2.43. The van der Waals surface area contributed by atoms with Gasteiger partial charge in [0.2, 0.25) is 0 Å². The molecule has 0 aliphatic carbocycles. The summed E-state index contributed by atoms with van der Waals surface area (Å²) in [7, 11) is 1.34. The van der Waals surface area contributed by atoms with Crippen molar-refractivity contribution in [1.82, 2.24) is 10.3 Å². The van der Waals surface area contributed by atoms with Crippen LogP contribution >= 0.6 is 0 Å². The third-order valence-corrected chi connectivity index (χ3v) is 4.37. The first-order chi connectivity index (χ1) is 13.9. The first-order valence-corrected chi connectivity index (χ1v) is 9.50. The molecule has 1 aromatic carbocycles. The van der Waals surface area contributed by atoms with Crippen LogP contribution in [-0.2, 0) is 20.7 Å². The van der Waals surface area contributed by atoms with Gasteiger partial charge in [0.05, 0.1) is 19.3 Å². The number of hydrogen-bond donors (Lipinski definition) is 1. The first-order valence-electron chi connectivity index (χ1n) is 9.50. The number of pyridine rings is 1. The number of esters is 2. The fourth-order valence-corrected chi connectivity index (χ4v) is 2.97. The van der Waals surface area contributed by atoms with Crippen LogP contribution < -0.4 is 5.32 Å². The molecule has 0 aliphatic rings. The zero-order valence-corrected chi connectivity index (χ0v) is 16.9. The van der Waals surface area contributed by atoms with E-state index in [-0.39, 0.29) is 24.2 Å². The van der Waals surface area contributed by atoms with Crippen LogP contribution in [0.1, 0.15) is 46.7 Å². The highest BCUT2D eigenvalue weighted by Gasteiger charge is 2.25. The molecule has 7 nitrogen and oxygen atoms in total. The SMILES string of the molecule is CCOC(=O)C(CC(C)Cc1ccc(C(=O)OC)cc1)NC(=O)c1ccccn1. The van der Waals surface area contributed by atoms with E-state index in [1.165, 1.54) is 13.3 Å². The van der Waals surface area contributed by atoms with Crippen molar-refractivity contribution in [3.05, 3.63) is 65.5 Å². The topological polar surface area (TPSA) is 94.6 Å². The van der Waals surface area contributed by atoms with E-state index in [2.05, 4.69) is 10.3 Å². The Bertz CT molecular complexity index is 821. The van der Waals surface area contributed by atoms with E-state index in [1.54, 1.807) is 37.3 Å². The number of aromatic nitrogens is 1. The number of carbonyl (C=O) groups excluding carboxylic acids is 3. The molecule has 2 atom stereocenters. The number of amides is 1. The summed E-state index contributed by atoms with van der Waals surface area (Å²) in [6.45, 7) is 3.95. The fourth-order valence-electron chi connectivity index (χ4n) is 2.97. The Labute approximate surface area is 170 Å². The second kappa shape index (κ2) is 10.9. The molecule has 0 saturated heterocycles. The molecule has 7 heteroatoms. The van der Waals surface area contributed by atoms with Gasteiger partial charge in [-0.15, -0.1) is 0 Å². The van der Waals surface area contributed by atoms with Crippen molar-refractivity contribution in [1.29, 1.82) is 0 Å². The number of benzene rings is 1. The number of nitrogens with one attached hydrogen (secondary N) is 1. The van der Waals surface area contributed by atoms with Gasteiger partial charge in [-0.2, -0.15) is 0 Å². The Morgan fingerprint density at radius 1 is 1.10 bits per heavy atom. The van der Waals surface area contributed by atoms with Crippen LogP contribution in [0.3, 0.4) is 0 Å². The van der Waals surface area contributed by atoms with Gasteiger partial charge in [0.25, 0.3) is 5.91 Å². The van der Waals surface area contributed by atoms with Gasteiger partial charge in [-0.1, -0.05) is 25.1 Å². The van der Waals surface area contributed by atoms with Gasteiger partial charge < -0.3 is 14.8 Å². The Morgan fingerprint density at radius 3 is 2.41 bits per heavy atom. The molecule has 29 heavy (non-hydrogen) atoms. The average molecular weight is 398 g/mol. The van der Waals surface area contributed by atoms with Crippen molar-refractivity contribution >= 4 is 17.8 Å². The smallest absolute Gasteiger partial charge is 0.337 e. The van der Waals surface area contributed by atoms with E-state index >= 15 is 0 Å². The summed E-state index contributed by atoms with van der Waals surface area (Å²) in [4.78, 5) is 40.3. The molecular weight excluding hydrogens is 372 g/mol. The molecule has 0 bridgehead atoms. The van der Waals surface area contributed by atoms with Gasteiger partial charge in [0, 0.05) is 6.20 Å². The number of ether oxygens (including phenoxy) is 2. The number of nitrogens with zero attached hydrogens (tertiary/aromatic N) is 1. The van der Waals surface area contributed by atoms with Crippen molar-refractivity contribution in [2.24, 2.45) is 5.92 Å². The van der Waals surface area contributed by atoms with Crippen LogP contribution in [0.25, 0.3) is 0 Å². The quantitative estimate of drug-likeness (QED) is 0.653. The van der Waals surface area contributed by atoms with Gasteiger partial charge in [-0.3, -0.25) is 9.78 Å². The molecule has 2 rings (SSSR count). The van der Waals surface area contributed by atoms with Gasteiger partial charge in [0.1, 0.15) is 11.7 Å². The predicted molar refractivity (Wildman–Crippen MR) is 107 cm³/mol. The van der Waals surface area contributed by atoms with Gasteiger partial charge >= 0.3 is 11.9 Å². The highest BCUT2D eigenvalue weighted by molar-refractivity contribution is 5.95. The van der Waals surface area contributed by atoms with Crippen LogP contribution in [0.2, 0.25) is 0 Å². The van der Waals surface area contributed by atoms with Crippen LogP contribution in [0.15, 0.2) is 48.7 Å². The summed E-state index contributed by atoms with van der Waals surface area (Å²) in [5.74, 6) is -1.19. The molecule has 154 valence electrons. The molecule has 0 spiro atoms. The summed E-state index contributed by atoms with van der Waals surface area (Å²) >= 11 is 0. The lowest BCUT2D eigenvalue weighted by molar-refractivity contribution is -0.145. The highest BCUT2D eigenvalue weighted by Crippen LogP contribution is 2.16. The predicted octanol–water partition coefficient (Wildman–Crippen LogP) is 2.80. The van der Waals surface area contributed by atoms with Gasteiger partial charge in [-0.25, -0.2) is 9.59 Å². The molecule has 0 radical (unpaired) electrons. The Kier molecular flexibility index (Phi) is 8.33. The summed E-state index contributed by atoms with van der Waals surface area (Å²) in [5.41, 5.74) is 1.74. The van der Waals surface area contributed by atoms with E-state index in [4.69, 9.17) is 9.47 Å². The molecule has 0 fully saturated rings. The second-order valence-corrected chi connectivity index (χ2v) is 6.73. The number of rotatable bonds is 9. The first kappa shape index (κ1) is 22.1. The molecule has 1 N–H and O–H groups in total. The van der Waals surface area contributed by atoms with Crippen LogP contribution in [0.4, 0.5) is 0 Å². The third-order valence-electron chi connectivity index (χ3n) is 4.37. The van der Waals surface area contributed by atoms with E-state index < -0.39 is 17.9 Å². The van der Waals surface area contributed by atoms with E-state index in [1.807, 2.05) is 19.1 Å². The molecule has 2 unspecified atom stereocenters. The normalized spacial score (nSPS) is 12.5. The van der Waals surface area contributed by atoms with Crippen molar-refractivity contribution in [3.8, 4) is 0 Å². The van der Waals surface area contributed by atoms with Crippen LogP contribution in [0, 0.1) is 5.92 Å². The van der Waals surface area contributed by atoms with Crippen LogP contribution in [0.5, 0.6) is 0 Å². The second-order valence-electron chi connectivity index (χ2n) is 6.73. The molecule has 0 aliphatic heterocycles. The largest absolute Gasteiger partial charge is 0.465 e. The van der Waals surface area contributed by atoms with Crippen molar-refractivity contribution in [2.45, 2.75) is 32.7 Å². The molecular formula is C22H26N2O5. The maximum Gasteiger partial charge on any atom is 0.337 e. The Hall–Kier alpha value is -3.22. The minimum atomic E-state index is -0.770. The standard InChI is InChI=1S/C22H26N2O5/c1-4-29-22(27)19(24-20(25)18-7-5-6-12-23-18)14-15(2)13-16-8-10-17(11-9-16)21(26)28-3/h5-12,15,19H,4,13-14H2,1-3H3,(H,24,25). The average Bonchev–Trinajstić information content (AvgIpc) is 2.74. The lowest BCUT2D eigenvalue weighted by atomic mass is 9.93. The van der Waals surface area contributed by atoms with E-state index in [0.29, 0.717) is 18.4 Å². The van der Waals surface area contributed by atoms with E-state index in [9.17, 15) is 14.4 Å². The summed E-state index contributed by atoms with van der Waals surface area (Å²) < 4.78 is 9.82. The maximum atomic E-state index is 12.4. The highest BCUT2D eigenvalue weighted by atomic mass is 16.5. The van der Waals surface area contributed by atoms with Crippen molar-refractivity contribution in [2.75, 3.05) is 13.7 Å². The maximum absolute atomic E-state index is 12.4. The van der Waals surface area contributed by atoms with Gasteiger partial charge in [-0.05, 0) is 55.5 Å². The summed E-state index contributed by atoms with van der Waals surface area (Å²) in [5, 5.41) is 2.73. The summed E-state index contributed by atoms with van der Waals surface area (Å²) in [6, 6.07) is 11.4. The van der Waals surface area contributed by atoms with Gasteiger partial charge in [0.15, 0.2) is 0 Å². The lowest BCUT2D eigenvalue weighted by Gasteiger charge is -2.21. The molecule has 1 heterocycles. The molecule has 1 aromatic heterocycles. The number of hydrogen-bond acceptors (Lipinski definition) is 6. The third kappa shape index (κ3) is 6.71. The van der Waals surface area contributed by atoms with Crippen LogP contribution in [-0.4, -0.2) is 42.6 Å². The minimum Gasteiger partial charge on any atom is -0.465 e. The van der Waals surface area contributed by atoms with Crippen molar-refractivity contribution in [3.63, 3.8) is 0 Å². The van der Waals surface area contributed by atoms with E-state index in [0.717, 1.165) is 5.56 Å². The zero-order valence-electron chi connectivity index (χ0n) is 16.9. The summed E-state index contributed by atoms with van der Waals surface area (Å²) in [6.07, 6.45) is 2.61. The monoisotopic (exact) mass is 398 g/mol. The molecule has 2 aromatic rings. The van der Waals surface area contributed by atoms with Crippen molar-refractivity contribution < 1.29 is 23.9 Å². The Morgan fingerprint density at radius 2 is 1.83 bits per heavy atom. The molecule has 1 amide bonds. The zero-order chi connectivity index (χ0) is 21.2. The molecule has 0 saturated carbocycles. The fraction of sp³-hybridized carbons (Fsp3) is 0.364. The number of carbonyl (C=O) groups is 3. The number of methoxy groups -OCH3 is 1. The minimum absolute atomic E-state index is 0.0809.